The van der Waals surface area contributed by atoms with E-state index in [0.29, 0.717) is 23.6 Å². The minimum atomic E-state index is -0.377. The van der Waals surface area contributed by atoms with E-state index in [4.69, 9.17) is 4.42 Å². The maximum atomic E-state index is 11.8. The summed E-state index contributed by atoms with van der Waals surface area (Å²) in [5, 5.41) is 3.71. The molecule has 0 bridgehead atoms. The number of anilines is 1. The maximum Gasteiger partial charge on any atom is 0.336 e. The molecule has 1 N–H and O–H groups in total. The Kier molecular flexibility index (Phi) is 4.23. The second-order valence-electron chi connectivity index (χ2n) is 5.44. The van der Waals surface area contributed by atoms with Crippen molar-refractivity contribution >= 4 is 22.6 Å². The van der Waals surface area contributed by atoms with Crippen LogP contribution in [0.1, 0.15) is 32.3 Å². The van der Waals surface area contributed by atoms with Gasteiger partial charge in [0.15, 0.2) is 0 Å². The lowest BCUT2D eigenvalue weighted by molar-refractivity contribution is -0.116. The molecular formula is C16H19NO3. The molecule has 106 valence electrons. The van der Waals surface area contributed by atoms with Crippen LogP contribution in [0, 0.1) is 12.8 Å². The molecule has 0 aliphatic carbocycles. The van der Waals surface area contributed by atoms with Gasteiger partial charge in [0, 0.05) is 29.6 Å². The van der Waals surface area contributed by atoms with Crippen LogP contribution < -0.4 is 10.9 Å². The molecule has 0 unspecified atom stereocenters. The summed E-state index contributed by atoms with van der Waals surface area (Å²) in [5.41, 5.74) is 1.64. The van der Waals surface area contributed by atoms with Crippen LogP contribution in [0.2, 0.25) is 0 Å². The second-order valence-corrected chi connectivity index (χ2v) is 5.44. The van der Waals surface area contributed by atoms with Crippen molar-refractivity contribution in [3.8, 4) is 0 Å². The van der Waals surface area contributed by atoms with Crippen molar-refractivity contribution in [3.63, 3.8) is 0 Å². The first-order valence-electron chi connectivity index (χ1n) is 6.80. The normalized spacial score (nSPS) is 11.0. The topological polar surface area (TPSA) is 59.3 Å². The quantitative estimate of drug-likeness (QED) is 0.868. The Morgan fingerprint density at radius 1 is 1.30 bits per heavy atom. The van der Waals surface area contributed by atoms with Crippen molar-refractivity contribution in [3.05, 3.63) is 40.2 Å². The number of aryl methyl sites for hydroxylation is 1. The molecule has 1 aromatic heterocycles. The van der Waals surface area contributed by atoms with Gasteiger partial charge in [-0.2, -0.15) is 0 Å². The fourth-order valence-corrected chi connectivity index (χ4v) is 2.05. The van der Waals surface area contributed by atoms with E-state index in [1.54, 1.807) is 6.07 Å². The van der Waals surface area contributed by atoms with Crippen LogP contribution in [0.25, 0.3) is 11.0 Å². The molecule has 4 nitrogen and oxygen atoms in total. The molecule has 2 aromatic rings. The highest BCUT2D eigenvalue weighted by molar-refractivity contribution is 5.93. The molecule has 0 saturated heterocycles. The number of hydrogen-bond acceptors (Lipinski definition) is 3. The van der Waals surface area contributed by atoms with E-state index in [9.17, 15) is 9.59 Å². The minimum absolute atomic E-state index is 0.0203. The Hall–Kier alpha value is -2.10. The summed E-state index contributed by atoms with van der Waals surface area (Å²) < 4.78 is 5.16. The zero-order valence-corrected chi connectivity index (χ0v) is 12.0. The SMILES string of the molecule is Cc1cc(=O)oc2cc(NC(=O)CCC(C)C)ccc12. The van der Waals surface area contributed by atoms with Crippen molar-refractivity contribution in [1.82, 2.24) is 0 Å². The highest BCUT2D eigenvalue weighted by Gasteiger charge is 2.07. The zero-order valence-electron chi connectivity index (χ0n) is 12.0. The first kappa shape index (κ1) is 14.3. The lowest BCUT2D eigenvalue weighted by atomic mass is 10.1. The Morgan fingerprint density at radius 3 is 2.75 bits per heavy atom. The Morgan fingerprint density at radius 2 is 2.05 bits per heavy atom. The molecule has 20 heavy (non-hydrogen) atoms. The number of amides is 1. The third-order valence-corrected chi connectivity index (χ3v) is 3.18. The van der Waals surface area contributed by atoms with Gasteiger partial charge in [0.05, 0.1) is 0 Å². The van der Waals surface area contributed by atoms with Crippen LogP contribution in [-0.4, -0.2) is 5.91 Å². The number of benzene rings is 1. The molecule has 0 aliphatic heterocycles. The van der Waals surface area contributed by atoms with Crippen LogP contribution in [0.15, 0.2) is 33.5 Å². The van der Waals surface area contributed by atoms with E-state index in [2.05, 4.69) is 19.2 Å². The largest absolute Gasteiger partial charge is 0.423 e. The predicted molar refractivity (Wildman–Crippen MR) is 79.9 cm³/mol. The molecule has 4 heteroatoms. The van der Waals surface area contributed by atoms with Gasteiger partial charge in [-0.15, -0.1) is 0 Å². The molecule has 0 radical (unpaired) electrons. The number of carbonyl (C=O) groups excluding carboxylic acids is 1. The third kappa shape index (κ3) is 3.47. The summed E-state index contributed by atoms with van der Waals surface area (Å²) in [6.07, 6.45) is 1.35. The molecular weight excluding hydrogens is 254 g/mol. The summed E-state index contributed by atoms with van der Waals surface area (Å²) in [7, 11) is 0. The summed E-state index contributed by atoms with van der Waals surface area (Å²) in [6, 6.07) is 6.83. The Labute approximate surface area is 117 Å². The van der Waals surface area contributed by atoms with E-state index in [1.165, 1.54) is 6.07 Å². The van der Waals surface area contributed by atoms with Gasteiger partial charge in [-0.05, 0) is 37.0 Å². The highest BCUT2D eigenvalue weighted by Crippen LogP contribution is 2.21. The van der Waals surface area contributed by atoms with Crippen LogP contribution in [0.4, 0.5) is 5.69 Å². The lowest BCUT2D eigenvalue weighted by Gasteiger charge is -2.08. The van der Waals surface area contributed by atoms with Gasteiger partial charge in [0.2, 0.25) is 5.91 Å². The first-order valence-corrected chi connectivity index (χ1v) is 6.80. The Bertz CT molecular complexity index is 686. The molecule has 2 rings (SSSR count). The summed E-state index contributed by atoms with van der Waals surface area (Å²) in [6.45, 7) is 6.03. The van der Waals surface area contributed by atoms with Gasteiger partial charge in [-0.3, -0.25) is 4.79 Å². The predicted octanol–water partition coefficient (Wildman–Crippen LogP) is 3.48. The standard InChI is InChI=1S/C16H19NO3/c1-10(2)4-7-15(18)17-12-5-6-13-11(3)8-16(19)20-14(13)9-12/h5-6,8-10H,4,7H2,1-3H3,(H,17,18). The number of rotatable bonds is 4. The van der Waals surface area contributed by atoms with Crippen LogP contribution >= 0.6 is 0 Å². The highest BCUT2D eigenvalue weighted by atomic mass is 16.4. The van der Waals surface area contributed by atoms with Crippen molar-refractivity contribution in [2.24, 2.45) is 5.92 Å². The fourth-order valence-electron chi connectivity index (χ4n) is 2.05. The number of nitrogens with one attached hydrogen (secondary N) is 1. The molecule has 1 amide bonds. The molecule has 0 saturated carbocycles. The van der Waals surface area contributed by atoms with Crippen molar-refractivity contribution in [2.45, 2.75) is 33.6 Å². The Balaban J connectivity index is 2.20. The monoisotopic (exact) mass is 273 g/mol. The first-order chi connectivity index (χ1) is 9.45. The van der Waals surface area contributed by atoms with Gasteiger partial charge in [-0.25, -0.2) is 4.79 Å². The van der Waals surface area contributed by atoms with Gasteiger partial charge in [-0.1, -0.05) is 13.8 Å². The zero-order chi connectivity index (χ0) is 14.7. The van der Waals surface area contributed by atoms with Crippen LogP contribution in [-0.2, 0) is 4.79 Å². The number of carbonyl (C=O) groups is 1. The van der Waals surface area contributed by atoms with Crippen LogP contribution in [0.3, 0.4) is 0 Å². The van der Waals surface area contributed by atoms with Crippen molar-refractivity contribution < 1.29 is 9.21 Å². The molecule has 1 aromatic carbocycles. The molecule has 0 atom stereocenters. The van der Waals surface area contributed by atoms with E-state index >= 15 is 0 Å². The third-order valence-electron chi connectivity index (χ3n) is 3.18. The van der Waals surface area contributed by atoms with Gasteiger partial charge in [0.25, 0.3) is 0 Å². The van der Waals surface area contributed by atoms with E-state index in [1.807, 2.05) is 19.1 Å². The summed E-state index contributed by atoms with van der Waals surface area (Å²) in [5.74, 6) is 0.478. The average molecular weight is 273 g/mol. The number of hydrogen-bond donors (Lipinski definition) is 1. The molecule has 0 spiro atoms. The lowest BCUT2D eigenvalue weighted by Crippen LogP contribution is -2.12. The second kappa shape index (κ2) is 5.90. The van der Waals surface area contributed by atoms with Crippen molar-refractivity contribution in [1.29, 1.82) is 0 Å². The smallest absolute Gasteiger partial charge is 0.336 e. The van der Waals surface area contributed by atoms with Gasteiger partial charge >= 0.3 is 5.63 Å². The molecule has 1 heterocycles. The average Bonchev–Trinajstić information content (AvgIpc) is 2.35. The van der Waals surface area contributed by atoms with Crippen molar-refractivity contribution in [2.75, 3.05) is 5.32 Å². The van der Waals surface area contributed by atoms with E-state index in [0.717, 1.165) is 17.4 Å². The van der Waals surface area contributed by atoms with Crippen LogP contribution in [0.5, 0.6) is 0 Å². The summed E-state index contributed by atoms with van der Waals surface area (Å²) >= 11 is 0. The summed E-state index contributed by atoms with van der Waals surface area (Å²) in [4.78, 5) is 23.1. The van der Waals surface area contributed by atoms with Gasteiger partial charge < -0.3 is 9.73 Å². The number of fused-ring (bicyclic) bond motifs is 1. The minimum Gasteiger partial charge on any atom is -0.423 e. The van der Waals surface area contributed by atoms with Gasteiger partial charge in [0.1, 0.15) is 5.58 Å². The fraction of sp³-hybridized carbons (Fsp3) is 0.375. The molecule has 0 aliphatic rings. The molecule has 0 fully saturated rings. The maximum absolute atomic E-state index is 11.8. The van der Waals surface area contributed by atoms with E-state index < -0.39 is 0 Å². The van der Waals surface area contributed by atoms with E-state index in [-0.39, 0.29) is 11.5 Å².